The molecule has 6 rings (SSSR count). The van der Waals surface area contributed by atoms with Gasteiger partial charge in [0.15, 0.2) is 34.9 Å². The van der Waals surface area contributed by atoms with Crippen LogP contribution in [0.4, 0.5) is 0 Å². The minimum Gasteiger partial charge on any atom is -0.507 e. The van der Waals surface area contributed by atoms with Gasteiger partial charge in [-0.15, -0.1) is 0 Å². The van der Waals surface area contributed by atoms with Crippen molar-refractivity contribution in [3.05, 3.63) is 34.5 Å². The van der Waals surface area contributed by atoms with Gasteiger partial charge in [0, 0.05) is 11.6 Å². The summed E-state index contributed by atoms with van der Waals surface area (Å²) in [5.74, 6) is -3.33. The van der Waals surface area contributed by atoms with Gasteiger partial charge in [0.1, 0.15) is 78.3 Å². The third-order valence-electron chi connectivity index (χ3n) is 9.90. The first kappa shape index (κ1) is 42.5. The van der Waals surface area contributed by atoms with Crippen LogP contribution >= 0.6 is 0 Å². The Bertz CT molecular complexity index is 1940. The van der Waals surface area contributed by atoms with Crippen LogP contribution in [0.1, 0.15) is 6.92 Å². The summed E-state index contributed by atoms with van der Waals surface area (Å²) in [6.45, 7) is -0.0346. The highest BCUT2D eigenvalue weighted by Gasteiger charge is 2.49. The van der Waals surface area contributed by atoms with Crippen molar-refractivity contribution in [1.82, 2.24) is 0 Å². The maximum Gasteiger partial charge on any atom is 0.239 e. The zero-order chi connectivity index (χ0) is 41.6. The fourth-order valence-corrected chi connectivity index (χ4v) is 6.58. The molecule has 12 N–H and O–H groups in total. The van der Waals surface area contributed by atoms with Crippen molar-refractivity contribution in [2.75, 3.05) is 27.4 Å². The zero-order valence-corrected chi connectivity index (χ0v) is 30.3. The second-order valence-corrected chi connectivity index (χ2v) is 13.6. The van der Waals surface area contributed by atoms with Gasteiger partial charge in [0.25, 0.3) is 0 Å². The summed E-state index contributed by atoms with van der Waals surface area (Å²) in [4.78, 5) is 14.4. The Morgan fingerprint density at radius 2 is 1.23 bits per heavy atom. The SMILES string of the molecule is COc1cc(-c2oc3c(OC)c(O[C@@H]4O[C@H](CO)[C@@H](O)[C@H](O)[C@H]4O)cc(O)c3c(=O)c2O[C@@H]2O[C@H](CO[C@@H]3O[C@@H](C)[C@H](O)[C@@H](O)[C@H]3O)[C@@H](O)[C@H](O)[C@H]2O)ccc1O. The van der Waals surface area contributed by atoms with Gasteiger partial charge in [-0.3, -0.25) is 4.79 Å². The number of phenolic OH excluding ortho intramolecular Hbond substituents is 2. The fraction of sp³-hybridized carbons (Fsp3) is 0.571. The first-order chi connectivity index (χ1) is 27.0. The van der Waals surface area contributed by atoms with Crippen LogP contribution < -0.4 is 24.4 Å². The van der Waals surface area contributed by atoms with Gasteiger partial charge < -0.3 is 104 Å². The summed E-state index contributed by atoms with van der Waals surface area (Å²) >= 11 is 0. The van der Waals surface area contributed by atoms with Gasteiger partial charge in [0.05, 0.1) is 33.5 Å². The molecule has 0 radical (unpaired) electrons. The number of hydrogen-bond donors (Lipinski definition) is 12. The molecule has 0 unspecified atom stereocenters. The molecule has 3 aliphatic heterocycles. The van der Waals surface area contributed by atoms with Crippen LogP contribution in [0.25, 0.3) is 22.3 Å². The Kier molecular flexibility index (Phi) is 12.7. The van der Waals surface area contributed by atoms with Crippen molar-refractivity contribution < 1.29 is 104 Å². The maximum atomic E-state index is 14.4. The first-order valence-corrected chi connectivity index (χ1v) is 17.5. The highest BCUT2D eigenvalue weighted by Crippen LogP contribution is 2.45. The summed E-state index contributed by atoms with van der Waals surface area (Å²) in [6, 6.07) is 4.53. The zero-order valence-electron chi connectivity index (χ0n) is 30.3. The highest BCUT2D eigenvalue weighted by molar-refractivity contribution is 5.93. The lowest BCUT2D eigenvalue weighted by molar-refractivity contribution is -0.318. The smallest absolute Gasteiger partial charge is 0.239 e. The lowest BCUT2D eigenvalue weighted by atomic mass is 9.98. The van der Waals surface area contributed by atoms with Crippen LogP contribution in [-0.2, 0) is 18.9 Å². The van der Waals surface area contributed by atoms with E-state index < -0.39 is 145 Å². The minimum atomic E-state index is -2.06. The number of aromatic hydroxyl groups is 2. The topological polar surface area (TPSA) is 347 Å². The van der Waals surface area contributed by atoms with Gasteiger partial charge in [-0.25, -0.2) is 0 Å². The van der Waals surface area contributed by atoms with Gasteiger partial charge in [-0.05, 0) is 25.1 Å². The number of methoxy groups -OCH3 is 2. The van der Waals surface area contributed by atoms with Crippen molar-refractivity contribution in [1.29, 1.82) is 0 Å². The Hall–Kier alpha value is -4.11. The lowest BCUT2D eigenvalue weighted by Gasteiger charge is -2.42. The second kappa shape index (κ2) is 17.0. The molecule has 0 bridgehead atoms. The quantitative estimate of drug-likeness (QED) is 0.0880. The van der Waals surface area contributed by atoms with E-state index in [1.165, 1.54) is 32.2 Å². The molecule has 1 aromatic heterocycles. The average Bonchev–Trinajstić information content (AvgIpc) is 3.19. The molecular formula is C35H44O22. The molecule has 0 amide bonds. The number of fused-ring (bicyclic) bond motifs is 1. The van der Waals surface area contributed by atoms with Gasteiger partial charge >= 0.3 is 0 Å². The van der Waals surface area contributed by atoms with E-state index in [4.69, 9.17) is 42.3 Å². The predicted molar refractivity (Wildman–Crippen MR) is 184 cm³/mol. The molecule has 3 aromatic rings. The van der Waals surface area contributed by atoms with Crippen LogP contribution in [0, 0.1) is 0 Å². The third-order valence-corrected chi connectivity index (χ3v) is 9.90. The number of aliphatic hydroxyl groups is 10. The number of aliphatic hydroxyl groups excluding tert-OH is 10. The van der Waals surface area contributed by atoms with E-state index in [0.717, 1.165) is 13.2 Å². The summed E-state index contributed by atoms with van der Waals surface area (Å²) in [6.07, 6.45) is -25.4. The molecular weight excluding hydrogens is 772 g/mol. The number of phenols is 2. The highest BCUT2D eigenvalue weighted by atomic mass is 16.7. The number of rotatable bonds is 11. The van der Waals surface area contributed by atoms with Crippen molar-refractivity contribution in [3.8, 4) is 45.8 Å². The number of ether oxygens (including phenoxy) is 8. The number of hydrogen-bond acceptors (Lipinski definition) is 22. The van der Waals surface area contributed by atoms with Gasteiger partial charge in [-0.2, -0.15) is 0 Å². The molecule has 4 heterocycles. The van der Waals surface area contributed by atoms with Crippen molar-refractivity contribution in [3.63, 3.8) is 0 Å². The molecule has 2 aromatic carbocycles. The lowest BCUT2D eigenvalue weighted by Crippen LogP contribution is -2.61. The maximum absolute atomic E-state index is 14.4. The molecule has 3 fully saturated rings. The van der Waals surface area contributed by atoms with E-state index in [1.807, 2.05) is 0 Å². The van der Waals surface area contributed by atoms with Crippen LogP contribution in [0.5, 0.6) is 34.5 Å². The van der Waals surface area contributed by atoms with E-state index in [1.54, 1.807) is 0 Å². The molecule has 316 valence electrons. The summed E-state index contributed by atoms with van der Waals surface area (Å²) in [7, 11) is 2.36. The van der Waals surface area contributed by atoms with E-state index in [-0.39, 0.29) is 22.8 Å². The largest absolute Gasteiger partial charge is 0.507 e. The Balaban J connectivity index is 1.40. The van der Waals surface area contributed by atoms with E-state index in [0.29, 0.717) is 0 Å². The van der Waals surface area contributed by atoms with E-state index >= 15 is 0 Å². The normalized spacial score (nSPS) is 35.8. The molecule has 3 aliphatic rings. The summed E-state index contributed by atoms with van der Waals surface area (Å²) in [5.41, 5.74) is -1.67. The third kappa shape index (κ3) is 7.90. The molecule has 22 heteroatoms. The minimum absolute atomic E-state index is 0.0236. The fourth-order valence-electron chi connectivity index (χ4n) is 6.58. The standard InChI is InChI=1S/C35H44O22/c1-10-19(39)23(43)26(46)33(52-10)51-9-17-21(41)25(45)28(48)35(55-17)57-32-22(42)18-13(38)7-15(53-34-27(47)24(44)20(40)16(8-36)54-34)30(50-3)31(18)56-29(32)11-4-5-12(37)14(6-11)49-2/h4-7,10,16-17,19-21,23-28,33-41,43-48H,8-9H2,1-3H3/t10-,16+,17+,19-,20+,21+,23+,24-,25-,26+,27+,28+,33+,34+,35-/m0/s1. The molecule has 15 atom stereocenters. The molecule has 3 saturated heterocycles. The molecule has 57 heavy (non-hydrogen) atoms. The van der Waals surface area contributed by atoms with Crippen LogP contribution in [0.2, 0.25) is 0 Å². The Morgan fingerprint density at radius 3 is 1.86 bits per heavy atom. The Labute approximate surface area is 321 Å². The van der Waals surface area contributed by atoms with Crippen LogP contribution in [0.15, 0.2) is 33.5 Å². The van der Waals surface area contributed by atoms with E-state index in [9.17, 15) is 66.1 Å². The van der Waals surface area contributed by atoms with Gasteiger partial charge in [0.2, 0.25) is 29.5 Å². The monoisotopic (exact) mass is 816 g/mol. The molecule has 0 saturated carbocycles. The molecule has 0 aliphatic carbocycles. The predicted octanol–water partition coefficient (Wildman–Crippen LogP) is -3.90. The first-order valence-electron chi connectivity index (χ1n) is 17.5. The second-order valence-electron chi connectivity index (χ2n) is 13.6. The van der Waals surface area contributed by atoms with Crippen LogP contribution in [0.3, 0.4) is 0 Å². The number of benzene rings is 2. The summed E-state index contributed by atoms with van der Waals surface area (Å²) in [5, 5.41) is 125. The van der Waals surface area contributed by atoms with Crippen molar-refractivity contribution in [2.24, 2.45) is 0 Å². The van der Waals surface area contributed by atoms with Crippen molar-refractivity contribution in [2.45, 2.75) is 99.0 Å². The van der Waals surface area contributed by atoms with Crippen molar-refractivity contribution >= 4 is 11.0 Å². The average molecular weight is 817 g/mol. The Morgan fingerprint density at radius 1 is 0.632 bits per heavy atom. The van der Waals surface area contributed by atoms with E-state index in [2.05, 4.69) is 0 Å². The molecule has 22 nitrogen and oxygen atoms in total. The van der Waals surface area contributed by atoms with Gasteiger partial charge in [-0.1, -0.05) is 0 Å². The van der Waals surface area contributed by atoms with Crippen LogP contribution in [-0.4, -0.2) is 181 Å². The summed E-state index contributed by atoms with van der Waals surface area (Å²) < 4.78 is 50.4. The molecule has 0 spiro atoms.